The van der Waals surface area contributed by atoms with Crippen LogP contribution in [0.3, 0.4) is 0 Å². The molecule has 5 heteroatoms. The van der Waals surface area contributed by atoms with Gasteiger partial charge in [0.25, 0.3) is 5.56 Å². The van der Waals surface area contributed by atoms with Gasteiger partial charge in [-0.25, -0.2) is 0 Å². The standard InChI is InChI=1S/C24H25NO4/c1-5-6-10-25-11-9-17-16-8-7-15(27-2)12-18(16)19-13-21(28-3)22(29-4)14-20(19)23(17)24(25)26/h7-9,11-14H,5-6,10H2,1-4H3. The van der Waals surface area contributed by atoms with Crippen molar-refractivity contribution < 1.29 is 14.2 Å². The van der Waals surface area contributed by atoms with Gasteiger partial charge in [0.1, 0.15) is 5.75 Å². The van der Waals surface area contributed by atoms with Crippen LogP contribution in [0.2, 0.25) is 0 Å². The molecule has 0 unspecified atom stereocenters. The van der Waals surface area contributed by atoms with Crippen molar-refractivity contribution in [3.05, 3.63) is 52.9 Å². The van der Waals surface area contributed by atoms with Gasteiger partial charge in [-0.2, -0.15) is 0 Å². The van der Waals surface area contributed by atoms with Gasteiger partial charge in [-0.3, -0.25) is 4.79 Å². The molecule has 0 radical (unpaired) electrons. The molecule has 0 aliphatic rings. The fourth-order valence-electron chi connectivity index (χ4n) is 3.98. The minimum absolute atomic E-state index is 0.0193. The molecule has 0 aliphatic carbocycles. The molecule has 0 saturated carbocycles. The fraction of sp³-hybridized carbons (Fsp3) is 0.292. The number of methoxy groups -OCH3 is 3. The maximum atomic E-state index is 13.4. The summed E-state index contributed by atoms with van der Waals surface area (Å²) in [6, 6.07) is 11.8. The Labute approximate surface area is 169 Å². The molecule has 0 saturated heterocycles. The van der Waals surface area contributed by atoms with E-state index in [1.165, 1.54) is 0 Å². The van der Waals surface area contributed by atoms with Crippen LogP contribution in [0.25, 0.3) is 32.3 Å². The van der Waals surface area contributed by atoms with Crippen LogP contribution < -0.4 is 19.8 Å². The van der Waals surface area contributed by atoms with Crippen molar-refractivity contribution in [2.24, 2.45) is 0 Å². The Morgan fingerprint density at radius 1 is 0.793 bits per heavy atom. The average molecular weight is 391 g/mol. The van der Waals surface area contributed by atoms with Gasteiger partial charge >= 0.3 is 0 Å². The summed E-state index contributed by atoms with van der Waals surface area (Å²) < 4.78 is 18.3. The fourth-order valence-corrected chi connectivity index (χ4v) is 3.98. The SMILES string of the molecule is CCCCn1ccc2c3ccc(OC)cc3c3cc(OC)c(OC)cc3c2c1=O. The molecule has 0 N–H and O–H groups in total. The number of ether oxygens (including phenoxy) is 3. The molecule has 29 heavy (non-hydrogen) atoms. The van der Waals surface area contributed by atoms with Crippen molar-refractivity contribution in [1.82, 2.24) is 4.57 Å². The molecule has 0 aliphatic heterocycles. The summed E-state index contributed by atoms with van der Waals surface area (Å²) in [6.45, 7) is 2.83. The average Bonchev–Trinajstić information content (AvgIpc) is 2.77. The Balaban J connectivity index is 2.22. The normalized spacial score (nSPS) is 11.3. The molecule has 0 bridgehead atoms. The van der Waals surface area contributed by atoms with E-state index >= 15 is 0 Å². The first-order valence-electron chi connectivity index (χ1n) is 9.81. The van der Waals surface area contributed by atoms with Gasteiger partial charge in [0.2, 0.25) is 0 Å². The molecular weight excluding hydrogens is 366 g/mol. The highest BCUT2D eigenvalue weighted by Gasteiger charge is 2.16. The third kappa shape index (κ3) is 3.07. The van der Waals surface area contributed by atoms with Crippen LogP contribution in [0.15, 0.2) is 47.4 Å². The maximum absolute atomic E-state index is 13.4. The van der Waals surface area contributed by atoms with Gasteiger partial charge < -0.3 is 18.8 Å². The van der Waals surface area contributed by atoms with Crippen molar-refractivity contribution >= 4 is 32.3 Å². The summed E-state index contributed by atoms with van der Waals surface area (Å²) in [5.41, 5.74) is 0.0193. The Morgan fingerprint density at radius 3 is 2.14 bits per heavy atom. The zero-order valence-electron chi connectivity index (χ0n) is 17.2. The van der Waals surface area contributed by atoms with Crippen molar-refractivity contribution in [3.63, 3.8) is 0 Å². The molecule has 4 rings (SSSR count). The van der Waals surface area contributed by atoms with Crippen molar-refractivity contribution in [3.8, 4) is 17.2 Å². The van der Waals surface area contributed by atoms with Crippen LogP contribution in [0, 0.1) is 0 Å². The zero-order chi connectivity index (χ0) is 20.5. The number of hydrogen-bond acceptors (Lipinski definition) is 4. The maximum Gasteiger partial charge on any atom is 0.259 e. The second kappa shape index (κ2) is 7.66. The van der Waals surface area contributed by atoms with Gasteiger partial charge in [-0.05, 0) is 63.7 Å². The summed E-state index contributed by atoms with van der Waals surface area (Å²) in [7, 11) is 4.88. The highest BCUT2D eigenvalue weighted by molar-refractivity contribution is 6.25. The van der Waals surface area contributed by atoms with Crippen molar-refractivity contribution in [2.45, 2.75) is 26.3 Å². The number of rotatable bonds is 6. The van der Waals surface area contributed by atoms with Gasteiger partial charge in [-0.15, -0.1) is 0 Å². The number of benzene rings is 3. The summed E-state index contributed by atoms with van der Waals surface area (Å²) >= 11 is 0. The van der Waals surface area contributed by atoms with Crippen LogP contribution >= 0.6 is 0 Å². The van der Waals surface area contributed by atoms with E-state index in [9.17, 15) is 4.79 Å². The van der Waals surface area contributed by atoms with E-state index in [4.69, 9.17) is 14.2 Å². The van der Waals surface area contributed by atoms with Crippen LogP contribution in [0.5, 0.6) is 17.2 Å². The minimum atomic E-state index is 0.0193. The lowest BCUT2D eigenvalue weighted by molar-refractivity contribution is 0.356. The minimum Gasteiger partial charge on any atom is -0.497 e. The van der Waals surface area contributed by atoms with Crippen LogP contribution in [-0.4, -0.2) is 25.9 Å². The molecular formula is C24H25NO4. The lowest BCUT2D eigenvalue weighted by atomic mass is 9.94. The van der Waals surface area contributed by atoms with Crippen molar-refractivity contribution in [1.29, 1.82) is 0 Å². The largest absolute Gasteiger partial charge is 0.497 e. The highest BCUT2D eigenvalue weighted by atomic mass is 16.5. The van der Waals surface area contributed by atoms with Crippen LogP contribution in [0.1, 0.15) is 19.8 Å². The number of unbranched alkanes of at least 4 members (excludes halogenated alkanes) is 1. The van der Waals surface area contributed by atoms with Gasteiger partial charge in [0.05, 0.1) is 26.7 Å². The smallest absolute Gasteiger partial charge is 0.259 e. The van der Waals surface area contributed by atoms with E-state index in [0.29, 0.717) is 23.4 Å². The Bertz CT molecular complexity index is 1270. The third-order valence-electron chi connectivity index (χ3n) is 5.52. The topological polar surface area (TPSA) is 49.7 Å². The molecule has 0 atom stereocenters. The number of aromatic nitrogens is 1. The Kier molecular flexibility index (Phi) is 5.05. The Hall–Kier alpha value is -3.21. The van der Waals surface area contributed by atoms with Gasteiger partial charge in [-0.1, -0.05) is 19.4 Å². The quantitative estimate of drug-likeness (QED) is 0.427. The molecule has 1 aromatic heterocycles. The first-order chi connectivity index (χ1) is 14.1. The number of fused-ring (bicyclic) bond motifs is 6. The molecule has 0 amide bonds. The lowest BCUT2D eigenvalue weighted by Gasteiger charge is -2.16. The summed E-state index contributed by atoms with van der Waals surface area (Å²) in [5.74, 6) is 2.00. The Morgan fingerprint density at radius 2 is 1.48 bits per heavy atom. The summed E-state index contributed by atoms with van der Waals surface area (Å²) in [5, 5.41) is 5.46. The predicted molar refractivity (Wildman–Crippen MR) is 118 cm³/mol. The number of nitrogens with zero attached hydrogens (tertiary/aromatic N) is 1. The molecule has 0 fully saturated rings. The highest BCUT2D eigenvalue weighted by Crippen LogP contribution is 2.40. The van der Waals surface area contributed by atoms with Crippen LogP contribution in [0.4, 0.5) is 0 Å². The zero-order valence-corrected chi connectivity index (χ0v) is 17.2. The summed E-state index contributed by atoms with van der Waals surface area (Å²) in [6.07, 6.45) is 3.90. The number of pyridine rings is 1. The van der Waals surface area contributed by atoms with Crippen LogP contribution in [-0.2, 0) is 6.54 Å². The van der Waals surface area contributed by atoms with E-state index in [-0.39, 0.29) is 5.56 Å². The van der Waals surface area contributed by atoms with E-state index in [0.717, 1.165) is 45.5 Å². The molecule has 3 aromatic carbocycles. The first-order valence-corrected chi connectivity index (χ1v) is 9.81. The van der Waals surface area contributed by atoms with E-state index in [1.807, 2.05) is 42.6 Å². The summed E-state index contributed by atoms with van der Waals surface area (Å²) in [4.78, 5) is 13.4. The van der Waals surface area contributed by atoms with Crippen molar-refractivity contribution in [2.75, 3.05) is 21.3 Å². The third-order valence-corrected chi connectivity index (χ3v) is 5.52. The number of aryl methyl sites for hydroxylation is 1. The predicted octanol–water partition coefficient (Wildman–Crippen LogP) is 5.13. The number of hydrogen-bond donors (Lipinski definition) is 0. The molecule has 1 heterocycles. The van der Waals surface area contributed by atoms with E-state index in [2.05, 4.69) is 6.92 Å². The second-order valence-corrected chi connectivity index (χ2v) is 7.12. The monoisotopic (exact) mass is 391 g/mol. The molecule has 5 nitrogen and oxygen atoms in total. The first kappa shape index (κ1) is 19.1. The van der Waals surface area contributed by atoms with E-state index in [1.54, 1.807) is 25.9 Å². The van der Waals surface area contributed by atoms with Gasteiger partial charge in [0.15, 0.2) is 11.5 Å². The second-order valence-electron chi connectivity index (χ2n) is 7.12. The lowest BCUT2D eigenvalue weighted by Crippen LogP contribution is -2.19. The van der Waals surface area contributed by atoms with Gasteiger partial charge in [0, 0.05) is 12.7 Å². The molecule has 0 spiro atoms. The van der Waals surface area contributed by atoms with E-state index < -0.39 is 0 Å². The molecule has 4 aromatic rings. The molecule has 150 valence electrons.